The number of furan rings is 1. The minimum atomic E-state index is 0.615. The topological polar surface area (TPSA) is 51.8 Å². The fraction of sp³-hybridized carbons (Fsp3) is 0. The molecule has 4 nitrogen and oxygen atoms in total. The fourth-order valence-electron chi connectivity index (χ4n) is 8.44. The Bertz CT molecular complexity index is 3190. The van der Waals surface area contributed by atoms with Crippen molar-refractivity contribution in [1.82, 2.24) is 15.0 Å². The van der Waals surface area contributed by atoms with Crippen LogP contribution in [0.15, 0.2) is 162 Å². The average molecular weight is 737 g/mol. The van der Waals surface area contributed by atoms with Gasteiger partial charge in [0, 0.05) is 33.0 Å². The summed E-state index contributed by atoms with van der Waals surface area (Å²) in [6.45, 7) is 0. The second kappa shape index (κ2) is 14.3. The third-order valence-electron chi connectivity index (χ3n) is 12.1. The minimum Gasteiger partial charge on any atom is -0.455 e. The van der Waals surface area contributed by atoms with Crippen LogP contribution in [0.25, 0.3) is 100 Å². The molecular formula is C49H36B5N3O. The van der Waals surface area contributed by atoms with Crippen molar-refractivity contribution in [2.45, 2.75) is 0 Å². The molecule has 0 unspecified atom stereocenters. The zero-order chi connectivity index (χ0) is 39.5. The Balaban J connectivity index is 1.21. The van der Waals surface area contributed by atoms with E-state index >= 15 is 0 Å². The lowest BCUT2D eigenvalue weighted by molar-refractivity contribution is 0.670. The number of para-hydroxylation sites is 1. The summed E-state index contributed by atoms with van der Waals surface area (Å²) in [6, 6.07) is 55.4. The summed E-state index contributed by atoms with van der Waals surface area (Å²) in [7, 11) is 11.0. The summed E-state index contributed by atoms with van der Waals surface area (Å²) in [5.74, 6) is 1.92. The number of nitrogens with zero attached hydrogens (tertiary/aromatic N) is 3. The van der Waals surface area contributed by atoms with Gasteiger partial charge in [-0.3, -0.25) is 0 Å². The van der Waals surface area contributed by atoms with Crippen molar-refractivity contribution in [3.63, 3.8) is 0 Å². The van der Waals surface area contributed by atoms with E-state index in [0.29, 0.717) is 17.5 Å². The van der Waals surface area contributed by atoms with Gasteiger partial charge in [-0.2, -0.15) is 0 Å². The molecule has 58 heavy (non-hydrogen) atoms. The predicted molar refractivity (Wildman–Crippen MR) is 258 cm³/mol. The Morgan fingerprint density at radius 1 is 0.345 bits per heavy atom. The van der Waals surface area contributed by atoms with Crippen LogP contribution in [0.1, 0.15) is 0 Å². The van der Waals surface area contributed by atoms with E-state index in [1.807, 2.05) is 6.07 Å². The number of rotatable bonds is 6. The van der Waals surface area contributed by atoms with Gasteiger partial charge < -0.3 is 4.42 Å². The molecule has 2 heterocycles. The number of fused-ring (bicyclic) bond motifs is 4. The Hall–Kier alpha value is -6.85. The maximum Gasteiger partial charge on any atom is 0.164 e. The van der Waals surface area contributed by atoms with Crippen molar-refractivity contribution < 1.29 is 4.42 Å². The van der Waals surface area contributed by atoms with Crippen molar-refractivity contribution in [2.24, 2.45) is 0 Å². The maximum absolute atomic E-state index is 6.75. The molecule has 0 aliphatic rings. The molecular weight excluding hydrogens is 701 g/mol. The lowest BCUT2D eigenvalue weighted by Crippen LogP contribution is -2.55. The fourth-order valence-corrected chi connectivity index (χ4v) is 8.44. The largest absolute Gasteiger partial charge is 0.455 e. The van der Waals surface area contributed by atoms with Gasteiger partial charge in [0.15, 0.2) is 17.5 Å². The van der Waals surface area contributed by atoms with E-state index in [-0.39, 0.29) is 0 Å². The van der Waals surface area contributed by atoms with Gasteiger partial charge in [0.25, 0.3) is 0 Å². The summed E-state index contributed by atoms with van der Waals surface area (Å²) in [5.41, 5.74) is 17.3. The first-order valence-electron chi connectivity index (χ1n) is 19.9. The van der Waals surface area contributed by atoms with Crippen molar-refractivity contribution >= 4 is 99.3 Å². The van der Waals surface area contributed by atoms with Crippen LogP contribution in [0.3, 0.4) is 0 Å². The highest BCUT2D eigenvalue weighted by atomic mass is 16.3. The van der Waals surface area contributed by atoms with E-state index in [9.17, 15) is 0 Å². The van der Waals surface area contributed by atoms with Crippen LogP contribution < -0.4 is 27.3 Å². The van der Waals surface area contributed by atoms with Crippen LogP contribution in [0.2, 0.25) is 0 Å². The van der Waals surface area contributed by atoms with E-state index in [1.54, 1.807) is 0 Å². The maximum atomic E-state index is 6.75. The second-order valence-electron chi connectivity index (χ2n) is 15.4. The molecule has 0 saturated carbocycles. The van der Waals surface area contributed by atoms with Crippen molar-refractivity contribution in [2.75, 3.05) is 0 Å². The summed E-state index contributed by atoms with van der Waals surface area (Å²) in [5, 5.41) is 4.54. The number of benzene rings is 8. The number of hydrogen-bond acceptors (Lipinski definition) is 4. The van der Waals surface area contributed by atoms with Crippen LogP contribution in [0, 0.1) is 0 Å². The molecule has 10 rings (SSSR count). The molecule has 0 aliphatic carbocycles. The predicted octanol–water partition coefficient (Wildman–Crippen LogP) is 4.22. The van der Waals surface area contributed by atoms with Gasteiger partial charge in [0.05, 0.1) is 0 Å². The van der Waals surface area contributed by atoms with Gasteiger partial charge in [0.1, 0.15) is 50.4 Å². The quantitative estimate of drug-likeness (QED) is 0.240. The molecule has 0 amide bonds. The smallest absolute Gasteiger partial charge is 0.164 e. The lowest BCUT2D eigenvalue weighted by atomic mass is 9.60. The molecule has 0 atom stereocenters. The highest BCUT2D eigenvalue weighted by Gasteiger charge is 2.21. The van der Waals surface area contributed by atoms with Gasteiger partial charge in [-0.05, 0) is 68.9 Å². The standard InChI is InChI=1S/C49H36B5N3O/c50-41-40(42(51)44(53)45(54)43(41)52)49-56-47(30-20-18-29(19-21-30)27-10-3-1-4-11-27)55-48(57-49)35-23-33(28-12-5-2-6-13-28)22-34(24-35)36-16-9-17-37-38-25-31-14-7-8-15-32(31)26-39(38)58-46(36)37/h1-26H,50-54H2. The Labute approximate surface area is 342 Å². The molecule has 0 aliphatic heterocycles. The molecule has 2 aromatic heterocycles. The minimum absolute atomic E-state index is 0.615. The third kappa shape index (κ3) is 6.15. The zero-order valence-electron chi connectivity index (χ0n) is 33.3. The van der Waals surface area contributed by atoms with Crippen LogP contribution >= 0.6 is 0 Å². The molecule has 268 valence electrons. The van der Waals surface area contributed by atoms with E-state index in [1.165, 1.54) is 38.3 Å². The monoisotopic (exact) mass is 737 g/mol. The molecule has 10 aromatic rings. The van der Waals surface area contributed by atoms with Gasteiger partial charge in [-0.15, -0.1) is 16.4 Å². The highest BCUT2D eigenvalue weighted by Crippen LogP contribution is 2.40. The first-order chi connectivity index (χ1) is 28.3. The number of aromatic nitrogens is 3. The summed E-state index contributed by atoms with van der Waals surface area (Å²) in [4.78, 5) is 15.9. The molecule has 0 fully saturated rings. The molecule has 8 aromatic carbocycles. The van der Waals surface area contributed by atoms with E-state index in [0.717, 1.165) is 71.8 Å². The Kier molecular flexibility index (Phi) is 8.75. The summed E-state index contributed by atoms with van der Waals surface area (Å²) < 4.78 is 6.75. The molecule has 0 saturated heterocycles. The van der Waals surface area contributed by atoms with Gasteiger partial charge in [-0.25, -0.2) is 15.0 Å². The summed E-state index contributed by atoms with van der Waals surface area (Å²) in [6.07, 6.45) is 0. The van der Waals surface area contributed by atoms with E-state index < -0.39 is 0 Å². The van der Waals surface area contributed by atoms with Crippen molar-refractivity contribution in [3.05, 3.63) is 158 Å². The van der Waals surface area contributed by atoms with Crippen molar-refractivity contribution in [3.8, 4) is 67.5 Å². The van der Waals surface area contributed by atoms with Crippen LogP contribution in [-0.4, -0.2) is 54.2 Å². The lowest BCUT2D eigenvalue weighted by Gasteiger charge is -2.20. The van der Waals surface area contributed by atoms with Crippen LogP contribution in [0.5, 0.6) is 0 Å². The van der Waals surface area contributed by atoms with Crippen molar-refractivity contribution in [1.29, 1.82) is 0 Å². The third-order valence-corrected chi connectivity index (χ3v) is 12.1. The average Bonchev–Trinajstić information content (AvgIpc) is 3.65. The first-order valence-corrected chi connectivity index (χ1v) is 19.9. The van der Waals surface area contributed by atoms with Crippen LogP contribution in [-0.2, 0) is 0 Å². The highest BCUT2D eigenvalue weighted by molar-refractivity contribution is 6.68. The molecule has 0 radical (unpaired) electrons. The summed E-state index contributed by atoms with van der Waals surface area (Å²) >= 11 is 0. The molecule has 0 spiro atoms. The van der Waals surface area contributed by atoms with Gasteiger partial charge >= 0.3 is 0 Å². The molecule has 0 N–H and O–H groups in total. The van der Waals surface area contributed by atoms with E-state index in [4.69, 9.17) is 19.4 Å². The second-order valence-corrected chi connectivity index (χ2v) is 15.4. The molecule has 9 heteroatoms. The van der Waals surface area contributed by atoms with Gasteiger partial charge in [0.2, 0.25) is 0 Å². The van der Waals surface area contributed by atoms with Crippen LogP contribution in [0.4, 0.5) is 0 Å². The van der Waals surface area contributed by atoms with Gasteiger partial charge in [-0.1, -0.05) is 138 Å². The first kappa shape index (κ1) is 35.6. The molecule has 0 bridgehead atoms. The van der Waals surface area contributed by atoms with E-state index in [2.05, 4.69) is 191 Å². The normalized spacial score (nSPS) is 11.4. The zero-order valence-corrected chi connectivity index (χ0v) is 33.3. The Morgan fingerprint density at radius 2 is 0.845 bits per heavy atom. The SMILES string of the molecule is Bc1c(B)c(B)c(-c2nc(-c3ccc(-c4ccccc4)cc3)nc(-c3cc(-c4ccccc4)cc(-c4cccc5c4oc4cc6ccccc6cc45)c3)n2)c(B)c1B. The number of hydrogen-bond donors (Lipinski definition) is 0. The Morgan fingerprint density at radius 3 is 1.52 bits per heavy atom.